The molecule has 0 saturated heterocycles. The third-order valence-corrected chi connectivity index (χ3v) is 4.01. The van der Waals surface area contributed by atoms with Crippen molar-refractivity contribution in [3.63, 3.8) is 0 Å². The Kier molecular flexibility index (Phi) is 4.39. The first kappa shape index (κ1) is 11.2. The first-order valence-electron chi connectivity index (χ1n) is 4.68. The lowest BCUT2D eigenvalue weighted by molar-refractivity contribution is 0.507. The average molecular weight is 262 g/mol. The third-order valence-electron chi connectivity index (χ3n) is 2.28. The highest BCUT2D eigenvalue weighted by Gasteiger charge is 2.14. The van der Waals surface area contributed by atoms with Gasteiger partial charge in [0.1, 0.15) is 0 Å². The number of halogens is 1. The molecule has 0 aliphatic carbocycles. The van der Waals surface area contributed by atoms with Crippen molar-refractivity contribution >= 4 is 27.3 Å². The number of aromatic nitrogens is 1. The highest BCUT2D eigenvalue weighted by molar-refractivity contribution is 9.09. The minimum Gasteiger partial charge on any atom is -0.247 e. The van der Waals surface area contributed by atoms with E-state index < -0.39 is 0 Å². The summed E-state index contributed by atoms with van der Waals surface area (Å²) in [4.78, 5) is 5.06. The van der Waals surface area contributed by atoms with Crippen LogP contribution < -0.4 is 0 Å². The maximum atomic E-state index is 4.48. The molecular weight excluding hydrogens is 246 g/mol. The number of thiazole rings is 1. The van der Waals surface area contributed by atoms with Crippen LogP contribution >= 0.6 is 27.3 Å². The van der Waals surface area contributed by atoms with Gasteiger partial charge in [-0.05, 0) is 12.8 Å². The van der Waals surface area contributed by atoms with Gasteiger partial charge in [-0.1, -0.05) is 36.2 Å². The second kappa shape index (κ2) is 5.11. The smallest absolute Gasteiger partial charge is 0.0931 e. The maximum absolute atomic E-state index is 4.48. The molecule has 0 spiro atoms. The van der Waals surface area contributed by atoms with Gasteiger partial charge >= 0.3 is 0 Å². The van der Waals surface area contributed by atoms with Gasteiger partial charge in [-0.15, -0.1) is 11.3 Å². The molecule has 1 heterocycles. The van der Waals surface area contributed by atoms with Crippen molar-refractivity contribution in [1.82, 2.24) is 4.98 Å². The maximum Gasteiger partial charge on any atom is 0.0931 e. The molecule has 1 aromatic rings. The Hall–Kier alpha value is 0.110. The molecule has 13 heavy (non-hydrogen) atoms. The molecule has 1 aromatic heterocycles. The summed E-state index contributed by atoms with van der Waals surface area (Å²) >= 11 is 5.42. The normalized spacial score (nSPS) is 15.7. The van der Waals surface area contributed by atoms with Crippen LogP contribution in [0.15, 0.2) is 5.38 Å². The van der Waals surface area contributed by atoms with Gasteiger partial charge in [-0.25, -0.2) is 4.98 Å². The van der Waals surface area contributed by atoms with Crippen molar-refractivity contribution in [2.24, 2.45) is 5.92 Å². The van der Waals surface area contributed by atoms with Gasteiger partial charge in [0.25, 0.3) is 0 Å². The molecule has 0 fully saturated rings. The molecule has 0 aliphatic rings. The van der Waals surface area contributed by atoms with E-state index in [4.69, 9.17) is 0 Å². The number of aryl methyl sites for hydroxylation is 1. The molecule has 0 amide bonds. The van der Waals surface area contributed by atoms with E-state index in [1.54, 1.807) is 11.3 Å². The van der Waals surface area contributed by atoms with Crippen molar-refractivity contribution in [2.75, 3.05) is 0 Å². The van der Waals surface area contributed by atoms with Gasteiger partial charge in [0.15, 0.2) is 0 Å². The van der Waals surface area contributed by atoms with Crippen LogP contribution in [-0.2, 0) is 6.42 Å². The van der Waals surface area contributed by atoms with E-state index in [-0.39, 0.29) is 0 Å². The van der Waals surface area contributed by atoms with Crippen LogP contribution in [0.2, 0.25) is 0 Å². The predicted octanol–water partition coefficient (Wildman–Crippen LogP) is 3.80. The zero-order valence-corrected chi connectivity index (χ0v) is 10.8. The summed E-state index contributed by atoms with van der Waals surface area (Å²) in [5.74, 6) is 0.713. The highest BCUT2D eigenvalue weighted by atomic mass is 79.9. The van der Waals surface area contributed by atoms with Crippen LogP contribution in [0.25, 0.3) is 0 Å². The summed E-state index contributed by atoms with van der Waals surface area (Å²) in [7, 11) is 0. The van der Waals surface area contributed by atoms with E-state index in [2.05, 4.69) is 47.1 Å². The van der Waals surface area contributed by atoms with Gasteiger partial charge < -0.3 is 0 Å². The molecule has 2 unspecified atom stereocenters. The fourth-order valence-corrected chi connectivity index (χ4v) is 2.78. The molecule has 1 rings (SSSR count). The fourth-order valence-electron chi connectivity index (χ4n) is 1.35. The van der Waals surface area contributed by atoms with E-state index >= 15 is 0 Å². The van der Waals surface area contributed by atoms with Gasteiger partial charge in [-0.3, -0.25) is 0 Å². The molecule has 2 atom stereocenters. The quantitative estimate of drug-likeness (QED) is 0.752. The van der Waals surface area contributed by atoms with Crippen molar-refractivity contribution < 1.29 is 0 Å². The Bertz CT molecular complexity index is 257. The zero-order valence-electron chi connectivity index (χ0n) is 8.38. The number of nitrogens with zero attached hydrogens (tertiary/aromatic N) is 1. The summed E-state index contributed by atoms with van der Waals surface area (Å²) in [6.45, 7) is 6.51. The standard InChI is InChI=1S/C10H16BrNS/c1-4-9(8(3)11)5-10-12-7(2)6-13-10/h6,8-9H,4-5H2,1-3H3. The third kappa shape index (κ3) is 3.39. The molecule has 0 N–H and O–H groups in total. The minimum absolute atomic E-state index is 0.585. The Morgan fingerprint density at radius 3 is 2.69 bits per heavy atom. The molecule has 1 nitrogen and oxygen atoms in total. The summed E-state index contributed by atoms with van der Waals surface area (Å²) in [6, 6.07) is 0. The second-order valence-corrected chi connectivity index (χ2v) is 5.82. The van der Waals surface area contributed by atoms with Crippen LogP contribution in [-0.4, -0.2) is 9.81 Å². The summed E-state index contributed by atoms with van der Waals surface area (Å²) in [5, 5.41) is 3.40. The van der Waals surface area contributed by atoms with Gasteiger partial charge in [0, 0.05) is 22.3 Å². The van der Waals surface area contributed by atoms with E-state index in [1.807, 2.05) is 0 Å². The van der Waals surface area contributed by atoms with E-state index in [9.17, 15) is 0 Å². The van der Waals surface area contributed by atoms with Crippen LogP contribution in [0.5, 0.6) is 0 Å². The van der Waals surface area contributed by atoms with Crippen LogP contribution in [0.1, 0.15) is 31.0 Å². The molecule has 0 aliphatic heterocycles. The SMILES string of the molecule is CCC(Cc1nc(C)cs1)C(C)Br. The lowest BCUT2D eigenvalue weighted by atomic mass is 10.00. The van der Waals surface area contributed by atoms with Crippen molar-refractivity contribution in [3.8, 4) is 0 Å². The van der Waals surface area contributed by atoms with Crippen LogP contribution in [0, 0.1) is 12.8 Å². The van der Waals surface area contributed by atoms with Gasteiger partial charge in [0.05, 0.1) is 5.01 Å². The van der Waals surface area contributed by atoms with Crippen molar-refractivity contribution in [3.05, 3.63) is 16.1 Å². The molecule has 0 bridgehead atoms. The van der Waals surface area contributed by atoms with Crippen molar-refractivity contribution in [1.29, 1.82) is 0 Å². The second-order valence-electron chi connectivity index (χ2n) is 3.43. The number of hydrogen-bond acceptors (Lipinski definition) is 2. The molecule has 74 valence electrons. The largest absolute Gasteiger partial charge is 0.247 e. The summed E-state index contributed by atoms with van der Waals surface area (Å²) in [5.41, 5.74) is 1.15. The number of hydrogen-bond donors (Lipinski definition) is 0. The van der Waals surface area contributed by atoms with E-state index in [0.29, 0.717) is 10.7 Å². The fraction of sp³-hybridized carbons (Fsp3) is 0.700. The first-order valence-corrected chi connectivity index (χ1v) is 6.48. The molecule has 0 radical (unpaired) electrons. The van der Waals surface area contributed by atoms with E-state index in [1.165, 1.54) is 11.4 Å². The zero-order chi connectivity index (χ0) is 9.84. The number of rotatable bonds is 4. The van der Waals surface area contributed by atoms with Gasteiger partial charge in [-0.2, -0.15) is 0 Å². The Morgan fingerprint density at radius 2 is 2.31 bits per heavy atom. The Balaban J connectivity index is 2.56. The summed E-state index contributed by atoms with van der Waals surface area (Å²) < 4.78 is 0. The lowest BCUT2D eigenvalue weighted by Gasteiger charge is -2.15. The van der Waals surface area contributed by atoms with Crippen molar-refractivity contribution in [2.45, 2.75) is 38.4 Å². The van der Waals surface area contributed by atoms with Crippen LogP contribution in [0.3, 0.4) is 0 Å². The Morgan fingerprint density at radius 1 is 1.62 bits per heavy atom. The topological polar surface area (TPSA) is 12.9 Å². The average Bonchev–Trinajstić information content (AvgIpc) is 2.46. The lowest BCUT2D eigenvalue weighted by Crippen LogP contribution is -2.12. The highest BCUT2D eigenvalue weighted by Crippen LogP contribution is 2.22. The molecular formula is C10H16BrNS. The minimum atomic E-state index is 0.585. The summed E-state index contributed by atoms with van der Waals surface area (Å²) in [6.07, 6.45) is 2.33. The number of alkyl halides is 1. The Labute approximate surface area is 92.7 Å². The van der Waals surface area contributed by atoms with E-state index in [0.717, 1.165) is 12.1 Å². The predicted molar refractivity (Wildman–Crippen MR) is 62.7 cm³/mol. The monoisotopic (exact) mass is 261 g/mol. The molecule has 3 heteroatoms. The van der Waals surface area contributed by atoms with Crippen LogP contribution in [0.4, 0.5) is 0 Å². The molecule has 0 aromatic carbocycles. The van der Waals surface area contributed by atoms with Gasteiger partial charge in [0.2, 0.25) is 0 Å². The molecule has 0 saturated carbocycles. The first-order chi connectivity index (χ1) is 6.13.